The second kappa shape index (κ2) is 4.29. The summed E-state index contributed by atoms with van der Waals surface area (Å²) in [6, 6.07) is 5.25. The number of aryl methyl sites for hydroxylation is 2. The molecule has 1 heterocycles. The van der Waals surface area contributed by atoms with E-state index in [0.29, 0.717) is 11.4 Å². The van der Waals surface area contributed by atoms with Crippen molar-refractivity contribution in [2.24, 2.45) is 7.05 Å². The van der Waals surface area contributed by atoms with Crippen LogP contribution in [0, 0.1) is 6.92 Å². The minimum Gasteiger partial charge on any atom is -0.435 e. The van der Waals surface area contributed by atoms with Crippen LogP contribution in [0.15, 0.2) is 35.4 Å². The summed E-state index contributed by atoms with van der Waals surface area (Å²) in [7, 11) is 1.64. The van der Waals surface area contributed by atoms with Crippen molar-refractivity contribution in [2.45, 2.75) is 6.92 Å². The van der Waals surface area contributed by atoms with E-state index in [1.54, 1.807) is 25.4 Å². The molecule has 1 aromatic heterocycles. The third kappa shape index (κ3) is 2.28. The van der Waals surface area contributed by atoms with E-state index in [4.69, 9.17) is 10.5 Å². The Labute approximate surface area is 98.5 Å². The number of ether oxygens (including phenoxy) is 1. The molecular formula is C12H13N3O2. The Morgan fingerprint density at radius 1 is 1.41 bits per heavy atom. The third-order valence-electron chi connectivity index (χ3n) is 2.45. The molecule has 0 radical (unpaired) electrons. The number of aromatic nitrogens is 2. The average molecular weight is 231 g/mol. The summed E-state index contributed by atoms with van der Waals surface area (Å²) in [6.07, 6.45) is 3.08. The van der Waals surface area contributed by atoms with Crippen molar-refractivity contribution >= 4 is 5.69 Å². The van der Waals surface area contributed by atoms with E-state index in [2.05, 4.69) is 4.98 Å². The maximum absolute atomic E-state index is 11.7. The fourth-order valence-corrected chi connectivity index (χ4v) is 1.34. The maximum atomic E-state index is 11.7. The van der Waals surface area contributed by atoms with Gasteiger partial charge in [-0.1, -0.05) is 6.07 Å². The van der Waals surface area contributed by atoms with E-state index in [9.17, 15) is 4.79 Å². The van der Waals surface area contributed by atoms with E-state index < -0.39 is 0 Å². The van der Waals surface area contributed by atoms with Crippen LogP contribution in [0.1, 0.15) is 5.56 Å². The Kier molecular flexibility index (Phi) is 2.82. The first-order valence-electron chi connectivity index (χ1n) is 5.13. The minimum atomic E-state index is -0.286. The van der Waals surface area contributed by atoms with Crippen molar-refractivity contribution in [1.82, 2.24) is 9.55 Å². The first kappa shape index (κ1) is 11.2. The number of hydrogen-bond donors (Lipinski definition) is 1. The van der Waals surface area contributed by atoms with Gasteiger partial charge in [-0.05, 0) is 18.6 Å². The lowest BCUT2D eigenvalue weighted by Crippen LogP contribution is -2.18. The summed E-state index contributed by atoms with van der Waals surface area (Å²) < 4.78 is 6.80. The van der Waals surface area contributed by atoms with Crippen LogP contribution < -0.4 is 16.0 Å². The van der Waals surface area contributed by atoms with E-state index >= 15 is 0 Å². The third-order valence-corrected chi connectivity index (χ3v) is 2.45. The topological polar surface area (TPSA) is 70.1 Å². The zero-order chi connectivity index (χ0) is 12.4. The monoisotopic (exact) mass is 231 g/mol. The molecule has 0 atom stereocenters. The zero-order valence-corrected chi connectivity index (χ0v) is 9.68. The summed E-state index contributed by atoms with van der Waals surface area (Å²) in [5, 5.41) is 0. The lowest BCUT2D eigenvalue weighted by atomic mass is 10.2. The molecule has 0 unspecified atom stereocenters. The van der Waals surface area contributed by atoms with Gasteiger partial charge in [0.05, 0.1) is 0 Å². The van der Waals surface area contributed by atoms with Gasteiger partial charge in [0, 0.05) is 31.2 Å². The lowest BCUT2D eigenvalue weighted by Gasteiger charge is -2.07. The SMILES string of the molecule is Cc1ccc(Oc2nccn(C)c2=O)cc1N. The van der Waals surface area contributed by atoms with Crippen LogP contribution in [0.4, 0.5) is 5.69 Å². The molecule has 17 heavy (non-hydrogen) atoms. The van der Waals surface area contributed by atoms with Gasteiger partial charge >= 0.3 is 5.56 Å². The van der Waals surface area contributed by atoms with Crippen molar-refractivity contribution in [3.8, 4) is 11.6 Å². The fourth-order valence-electron chi connectivity index (χ4n) is 1.34. The molecule has 88 valence electrons. The molecule has 0 fully saturated rings. The number of nitrogens with two attached hydrogens (primary N) is 1. The molecule has 2 rings (SSSR count). The summed E-state index contributed by atoms with van der Waals surface area (Å²) in [5.74, 6) is 0.544. The van der Waals surface area contributed by atoms with Crippen LogP contribution in [0.25, 0.3) is 0 Å². The average Bonchev–Trinajstić information content (AvgIpc) is 2.30. The Morgan fingerprint density at radius 3 is 2.88 bits per heavy atom. The van der Waals surface area contributed by atoms with Crippen molar-refractivity contribution < 1.29 is 4.74 Å². The Balaban J connectivity index is 2.35. The fraction of sp³-hybridized carbons (Fsp3) is 0.167. The second-order valence-electron chi connectivity index (χ2n) is 3.77. The molecule has 0 aliphatic carbocycles. The highest BCUT2D eigenvalue weighted by molar-refractivity contribution is 5.51. The van der Waals surface area contributed by atoms with Gasteiger partial charge in [-0.3, -0.25) is 4.79 Å². The number of anilines is 1. The van der Waals surface area contributed by atoms with Gasteiger partial charge in [0.15, 0.2) is 0 Å². The maximum Gasteiger partial charge on any atom is 0.313 e. The van der Waals surface area contributed by atoms with Crippen LogP contribution in [0.2, 0.25) is 0 Å². The summed E-state index contributed by atoms with van der Waals surface area (Å²) >= 11 is 0. The molecule has 1 aromatic carbocycles. The molecule has 2 aromatic rings. The van der Waals surface area contributed by atoms with Gasteiger partial charge in [0.1, 0.15) is 5.75 Å². The molecule has 0 aliphatic rings. The molecule has 0 bridgehead atoms. The largest absolute Gasteiger partial charge is 0.435 e. The van der Waals surface area contributed by atoms with Crippen LogP contribution in [0.3, 0.4) is 0 Å². The quantitative estimate of drug-likeness (QED) is 0.794. The number of nitrogen functional groups attached to an aromatic ring is 1. The number of benzene rings is 1. The molecule has 0 saturated carbocycles. The van der Waals surface area contributed by atoms with Crippen LogP contribution in [0.5, 0.6) is 11.6 Å². The molecule has 0 amide bonds. The van der Waals surface area contributed by atoms with Crippen molar-refractivity contribution in [3.05, 3.63) is 46.5 Å². The van der Waals surface area contributed by atoms with Crippen molar-refractivity contribution in [2.75, 3.05) is 5.73 Å². The van der Waals surface area contributed by atoms with E-state index in [1.165, 1.54) is 10.8 Å². The predicted molar refractivity (Wildman–Crippen MR) is 65.1 cm³/mol. The molecule has 0 aliphatic heterocycles. The highest BCUT2D eigenvalue weighted by Crippen LogP contribution is 2.21. The van der Waals surface area contributed by atoms with E-state index in [1.807, 2.05) is 13.0 Å². The Hall–Kier alpha value is -2.30. The van der Waals surface area contributed by atoms with Crippen molar-refractivity contribution in [1.29, 1.82) is 0 Å². The van der Waals surface area contributed by atoms with Gasteiger partial charge in [0.2, 0.25) is 0 Å². The summed E-state index contributed by atoms with van der Waals surface area (Å²) in [6.45, 7) is 1.90. The normalized spacial score (nSPS) is 10.2. The standard InChI is InChI=1S/C12H13N3O2/c1-8-3-4-9(7-10(8)13)17-11-12(16)15(2)6-5-14-11/h3-7H,13H2,1-2H3. The Bertz CT molecular complexity index is 605. The molecular weight excluding hydrogens is 218 g/mol. The molecule has 0 saturated heterocycles. The van der Waals surface area contributed by atoms with E-state index in [0.717, 1.165) is 5.56 Å². The first-order chi connectivity index (χ1) is 8.08. The van der Waals surface area contributed by atoms with Gasteiger partial charge in [-0.2, -0.15) is 0 Å². The molecule has 5 heteroatoms. The number of nitrogens with zero attached hydrogens (tertiary/aromatic N) is 2. The van der Waals surface area contributed by atoms with Crippen LogP contribution in [-0.2, 0) is 7.05 Å². The van der Waals surface area contributed by atoms with E-state index in [-0.39, 0.29) is 11.4 Å². The Morgan fingerprint density at radius 2 is 2.18 bits per heavy atom. The number of rotatable bonds is 2. The summed E-state index contributed by atoms with van der Waals surface area (Å²) in [5.41, 5.74) is 7.06. The molecule has 0 spiro atoms. The highest BCUT2D eigenvalue weighted by Gasteiger charge is 2.06. The number of hydrogen-bond acceptors (Lipinski definition) is 4. The zero-order valence-electron chi connectivity index (χ0n) is 9.68. The lowest BCUT2D eigenvalue weighted by molar-refractivity contribution is 0.449. The molecule has 5 nitrogen and oxygen atoms in total. The van der Waals surface area contributed by atoms with Gasteiger partial charge in [0.25, 0.3) is 5.88 Å². The smallest absolute Gasteiger partial charge is 0.313 e. The first-order valence-corrected chi connectivity index (χ1v) is 5.13. The van der Waals surface area contributed by atoms with Crippen LogP contribution >= 0.6 is 0 Å². The van der Waals surface area contributed by atoms with Gasteiger partial charge in [-0.25, -0.2) is 4.98 Å². The van der Waals surface area contributed by atoms with Crippen molar-refractivity contribution in [3.63, 3.8) is 0 Å². The summed E-state index contributed by atoms with van der Waals surface area (Å²) in [4.78, 5) is 15.6. The van der Waals surface area contributed by atoms with Gasteiger partial charge in [-0.15, -0.1) is 0 Å². The predicted octanol–water partition coefficient (Wildman–Crippen LogP) is 1.46. The minimum absolute atomic E-state index is 0.0400. The highest BCUT2D eigenvalue weighted by atomic mass is 16.5. The molecule has 2 N–H and O–H groups in total. The second-order valence-corrected chi connectivity index (χ2v) is 3.77. The van der Waals surface area contributed by atoms with Gasteiger partial charge < -0.3 is 15.0 Å². The van der Waals surface area contributed by atoms with Crippen LogP contribution in [-0.4, -0.2) is 9.55 Å².